The van der Waals surface area contributed by atoms with Crippen LogP contribution in [0.15, 0.2) is 27.6 Å². The predicted molar refractivity (Wildman–Crippen MR) is 65.6 cm³/mol. The molecule has 4 nitrogen and oxygen atoms in total. The van der Waals surface area contributed by atoms with Crippen molar-refractivity contribution >= 4 is 26.0 Å². The highest BCUT2D eigenvalue weighted by atomic mass is 79.9. The van der Waals surface area contributed by atoms with Crippen molar-refractivity contribution in [2.75, 3.05) is 6.61 Å². The van der Waals surface area contributed by atoms with E-state index in [4.69, 9.17) is 5.11 Å². The summed E-state index contributed by atoms with van der Waals surface area (Å²) in [6.07, 6.45) is 0.422. The maximum absolute atomic E-state index is 13.4. The standard InChI is InChI=1S/C10H13BrFNO3S/c1-2-8(6-14)13-17(15,16)10-5-7(11)3-4-9(10)12/h3-5,8,13-14H,2,6H2,1H3. The number of sulfonamides is 1. The van der Waals surface area contributed by atoms with Gasteiger partial charge >= 0.3 is 0 Å². The van der Waals surface area contributed by atoms with E-state index in [1.807, 2.05) is 0 Å². The fourth-order valence-electron chi connectivity index (χ4n) is 1.22. The van der Waals surface area contributed by atoms with Gasteiger partial charge in [-0.05, 0) is 24.6 Å². The molecule has 96 valence electrons. The van der Waals surface area contributed by atoms with Gasteiger partial charge in [-0.15, -0.1) is 0 Å². The number of aliphatic hydroxyl groups excluding tert-OH is 1. The second-order valence-corrected chi connectivity index (χ2v) is 6.08. The molecule has 1 aromatic carbocycles. The van der Waals surface area contributed by atoms with Gasteiger partial charge < -0.3 is 5.11 Å². The van der Waals surface area contributed by atoms with Crippen LogP contribution in [0.5, 0.6) is 0 Å². The first-order valence-corrected chi connectivity index (χ1v) is 7.26. The van der Waals surface area contributed by atoms with Crippen molar-refractivity contribution in [2.45, 2.75) is 24.3 Å². The lowest BCUT2D eigenvalue weighted by Crippen LogP contribution is -2.37. The number of aliphatic hydroxyl groups is 1. The third-order valence-corrected chi connectivity index (χ3v) is 4.25. The third-order valence-electron chi connectivity index (χ3n) is 2.22. The van der Waals surface area contributed by atoms with E-state index in [1.54, 1.807) is 6.92 Å². The van der Waals surface area contributed by atoms with Crippen molar-refractivity contribution in [2.24, 2.45) is 0 Å². The Balaban J connectivity index is 3.09. The fraction of sp³-hybridized carbons (Fsp3) is 0.400. The average Bonchev–Trinajstić information content (AvgIpc) is 2.29. The quantitative estimate of drug-likeness (QED) is 0.864. The van der Waals surface area contributed by atoms with Crippen molar-refractivity contribution < 1.29 is 17.9 Å². The predicted octanol–water partition coefficient (Wildman–Crippen LogP) is 1.64. The second kappa shape index (κ2) is 5.90. The zero-order chi connectivity index (χ0) is 13.1. The smallest absolute Gasteiger partial charge is 0.243 e. The van der Waals surface area contributed by atoms with Crippen LogP contribution in [0.1, 0.15) is 13.3 Å². The Hall–Kier alpha value is -0.500. The molecule has 0 heterocycles. The molecule has 1 unspecified atom stereocenters. The first kappa shape index (κ1) is 14.6. The van der Waals surface area contributed by atoms with E-state index in [2.05, 4.69) is 20.7 Å². The summed E-state index contributed by atoms with van der Waals surface area (Å²) in [5.74, 6) is -0.825. The van der Waals surface area contributed by atoms with Gasteiger partial charge in [-0.2, -0.15) is 0 Å². The van der Waals surface area contributed by atoms with Crippen LogP contribution in [0.4, 0.5) is 4.39 Å². The lowest BCUT2D eigenvalue weighted by molar-refractivity contribution is 0.253. The highest BCUT2D eigenvalue weighted by Gasteiger charge is 2.22. The van der Waals surface area contributed by atoms with Gasteiger partial charge in [0, 0.05) is 10.5 Å². The largest absolute Gasteiger partial charge is 0.395 e. The molecule has 0 radical (unpaired) electrons. The lowest BCUT2D eigenvalue weighted by Gasteiger charge is -2.14. The molecule has 0 fully saturated rings. The van der Waals surface area contributed by atoms with Crippen molar-refractivity contribution in [1.29, 1.82) is 0 Å². The summed E-state index contributed by atoms with van der Waals surface area (Å²) in [4.78, 5) is -0.432. The van der Waals surface area contributed by atoms with E-state index in [0.29, 0.717) is 10.9 Å². The minimum atomic E-state index is -3.95. The van der Waals surface area contributed by atoms with Gasteiger partial charge in [-0.1, -0.05) is 22.9 Å². The zero-order valence-corrected chi connectivity index (χ0v) is 11.6. The normalized spacial score (nSPS) is 13.6. The van der Waals surface area contributed by atoms with Crippen LogP contribution < -0.4 is 4.72 Å². The molecule has 7 heteroatoms. The van der Waals surface area contributed by atoms with Gasteiger partial charge in [0.25, 0.3) is 0 Å². The lowest BCUT2D eigenvalue weighted by atomic mass is 10.3. The highest BCUT2D eigenvalue weighted by molar-refractivity contribution is 9.10. The Morgan fingerprint density at radius 1 is 1.53 bits per heavy atom. The topological polar surface area (TPSA) is 66.4 Å². The SMILES string of the molecule is CCC(CO)NS(=O)(=O)c1cc(Br)ccc1F. The Morgan fingerprint density at radius 3 is 2.71 bits per heavy atom. The third kappa shape index (κ3) is 3.74. The summed E-state index contributed by atoms with van der Waals surface area (Å²) in [6, 6.07) is 3.05. The number of benzene rings is 1. The summed E-state index contributed by atoms with van der Waals surface area (Å²) in [5, 5.41) is 8.93. The van der Waals surface area contributed by atoms with Crippen LogP contribution in [-0.4, -0.2) is 26.2 Å². The van der Waals surface area contributed by atoms with Crippen LogP contribution in [0.25, 0.3) is 0 Å². The van der Waals surface area contributed by atoms with Crippen LogP contribution in [0.2, 0.25) is 0 Å². The maximum Gasteiger partial charge on any atom is 0.243 e. The van der Waals surface area contributed by atoms with Gasteiger partial charge in [-0.3, -0.25) is 0 Å². The molecule has 0 aliphatic heterocycles. The molecule has 1 rings (SSSR count). The molecule has 0 spiro atoms. The van der Waals surface area contributed by atoms with E-state index in [0.717, 1.165) is 6.07 Å². The first-order chi connectivity index (χ1) is 7.90. The van der Waals surface area contributed by atoms with E-state index >= 15 is 0 Å². The van der Waals surface area contributed by atoms with Gasteiger partial charge in [0.1, 0.15) is 10.7 Å². The Bertz CT molecular complexity index is 488. The van der Waals surface area contributed by atoms with Gasteiger partial charge in [0.15, 0.2) is 0 Å². The molecular formula is C10H13BrFNO3S. The summed E-state index contributed by atoms with van der Waals surface area (Å²) < 4.78 is 39.8. The second-order valence-electron chi connectivity index (χ2n) is 3.48. The fourth-order valence-corrected chi connectivity index (χ4v) is 3.14. The molecule has 0 bridgehead atoms. The summed E-state index contributed by atoms with van der Waals surface area (Å²) in [7, 11) is -3.95. The molecule has 0 aliphatic carbocycles. The van der Waals surface area contributed by atoms with E-state index in [1.165, 1.54) is 12.1 Å². The van der Waals surface area contributed by atoms with Crippen molar-refractivity contribution in [3.63, 3.8) is 0 Å². The summed E-state index contributed by atoms with van der Waals surface area (Å²) in [5.41, 5.74) is 0. The maximum atomic E-state index is 13.4. The van der Waals surface area contributed by atoms with Crippen LogP contribution in [-0.2, 0) is 10.0 Å². The first-order valence-electron chi connectivity index (χ1n) is 4.99. The molecule has 17 heavy (non-hydrogen) atoms. The van der Waals surface area contributed by atoms with Gasteiger partial charge in [0.2, 0.25) is 10.0 Å². The molecule has 0 amide bonds. The number of rotatable bonds is 5. The molecule has 1 atom stereocenters. The van der Waals surface area contributed by atoms with Gasteiger partial charge in [0.05, 0.1) is 6.61 Å². The van der Waals surface area contributed by atoms with Crippen LogP contribution in [0, 0.1) is 5.82 Å². The van der Waals surface area contributed by atoms with E-state index in [9.17, 15) is 12.8 Å². The minimum Gasteiger partial charge on any atom is -0.395 e. The molecule has 1 aromatic rings. The molecule has 0 saturated heterocycles. The Kier molecular flexibility index (Phi) is 5.05. The molecule has 0 aliphatic rings. The van der Waals surface area contributed by atoms with Crippen LogP contribution in [0.3, 0.4) is 0 Å². The minimum absolute atomic E-state index is 0.328. The number of hydrogen-bond donors (Lipinski definition) is 2. The van der Waals surface area contributed by atoms with Crippen LogP contribution >= 0.6 is 15.9 Å². The highest BCUT2D eigenvalue weighted by Crippen LogP contribution is 2.20. The Labute approximate surface area is 108 Å². The van der Waals surface area contributed by atoms with Gasteiger partial charge in [-0.25, -0.2) is 17.5 Å². The van der Waals surface area contributed by atoms with Crippen molar-refractivity contribution in [3.8, 4) is 0 Å². The number of nitrogens with one attached hydrogen (secondary N) is 1. The van der Waals surface area contributed by atoms with E-state index < -0.39 is 26.8 Å². The zero-order valence-electron chi connectivity index (χ0n) is 9.15. The monoisotopic (exact) mass is 325 g/mol. The average molecular weight is 326 g/mol. The molecule has 0 saturated carbocycles. The Morgan fingerprint density at radius 2 is 2.18 bits per heavy atom. The van der Waals surface area contributed by atoms with Crippen molar-refractivity contribution in [1.82, 2.24) is 4.72 Å². The molecule has 2 N–H and O–H groups in total. The van der Waals surface area contributed by atoms with E-state index in [-0.39, 0.29) is 6.61 Å². The molecule has 0 aromatic heterocycles. The summed E-state index contributed by atoms with van der Waals surface area (Å²) >= 11 is 3.08. The summed E-state index contributed by atoms with van der Waals surface area (Å²) in [6.45, 7) is 1.39. The number of hydrogen-bond acceptors (Lipinski definition) is 3. The van der Waals surface area contributed by atoms with Crippen molar-refractivity contribution in [3.05, 3.63) is 28.5 Å². The number of halogens is 2. The molecular weight excluding hydrogens is 313 g/mol.